The SMILES string of the molecule is CN=C(NCc1ccccc1Cn1cccn1)N1CCN(C(=O)c2ccco2)CC1.I. The summed E-state index contributed by atoms with van der Waals surface area (Å²) < 4.78 is 7.15. The Kier molecular flexibility index (Phi) is 8.10. The Bertz CT molecular complexity index is 979. The third-order valence-electron chi connectivity index (χ3n) is 5.26. The Labute approximate surface area is 198 Å². The third-order valence-corrected chi connectivity index (χ3v) is 5.26. The minimum atomic E-state index is -0.0601. The molecular formula is C22H27IN6O2. The number of nitrogens with zero attached hydrogens (tertiary/aromatic N) is 5. The lowest BCUT2D eigenvalue weighted by atomic mass is 10.1. The zero-order valence-electron chi connectivity index (χ0n) is 17.5. The minimum absolute atomic E-state index is 0. The van der Waals surface area contributed by atoms with E-state index < -0.39 is 0 Å². The number of carbonyl (C=O) groups excluding carboxylic acids is 1. The molecule has 0 saturated carbocycles. The quantitative estimate of drug-likeness (QED) is 0.310. The van der Waals surface area contributed by atoms with Crippen molar-refractivity contribution in [3.8, 4) is 0 Å². The van der Waals surface area contributed by atoms with Gasteiger partial charge in [-0.3, -0.25) is 14.5 Å². The van der Waals surface area contributed by atoms with Crippen molar-refractivity contribution in [3.63, 3.8) is 0 Å². The number of rotatable bonds is 5. The Morgan fingerprint density at radius 3 is 2.45 bits per heavy atom. The average Bonchev–Trinajstić information content (AvgIpc) is 3.50. The normalized spacial score (nSPS) is 14.3. The number of nitrogens with one attached hydrogen (secondary N) is 1. The highest BCUT2D eigenvalue weighted by Crippen LogP contribution is 2.12. The minimum Gasteiger partial charge on any atom is -0.459 e. The van der Waals surface area contributed by atoms with Gasteiger partial charge in [0, 0.05) is 52.2 Å². The van der Waals surface area contributed by atoms with E-state index in [1.807, 2.05) is 34.0 Å². The molecule has 0 atom stereocenters. The smallest absolute Gasteiger partial charge is 0.289 e. The van der Waals surface area contributed by atoms with Gasteiger partial charge in [0.2, 0.25) is 0 Å². The fourth-order valence-corrected chi connectivity index (χ4v) is 3.64. The summed E-state index contributed by atoms with van der Waals surface area (Å²) >= 11 is 0. The molecule has 1 aromatic carbocycles. The van der Waals surface area contributed by atoms with Crippen LogP contribution in [-0.2, 0) is 13.1 Å². The lowest BCUT2D eigenvalue weighted by molar-refractivity contribution is 0.0657. The maximum atomic E-state index is 12.4. The molecule has 1 saturated heterocycles. The first-order chi connectivity index (χ1) is 14.7. The molecule has 8 nitrogen and oxygen atoms in total. The first kappa shape index (κ1) is 22.9. The summed E-state index contributed by atoms with van der Waals surface area (Å²) in [5.41, 5.74) is 2.43. The van der Waals surface area contributed by atoms with Crippen LogP contribution in [0.5, 0.6) is 0 Å². The highest BCUT2D eigenvalue weighted by atomic mass is 127. The molecule has 0 radical (unpaired) electrons. The van der Waals surface area contributed by atoms with Crippen LogP contribution in [0, 0.1) is 0 Å². The van der Waals surface area contributed by atoms with Crippen LogP contribution in [0.15, 0.2) is 70.5 Å². The molecule has 31 heavy (non-hydrogen) atoms. The molecule has 1 amide bonds. The third kappa shape index (κ3) is 5.66. The molecule has 2 aromatic heterocycles. The standard InChI is InChI=1S/C22H26N6O2.HI/c1-23-22(27-13-11-26(12-14-27)21(29)20-8-4-15-30-20)24-16-18-6-2-3-7-19(18)17-28-10-5-9-25-28;/h2-10,15H,11-14,16-17H2,1H3,(H,23,24);1H. The van der Waals surface area contributed by atoms with Crippen LogP contribution < -0.4 is 5.32 Å². The van der Waals surface area contributed by atoms with Crippen molar-refractivity contribution in [1.82, 2.24) is 24.9 Å². The number of amides is 1. The summed E-state index contributed by atoms with van der Waals surface area (Å²) in [7, 11) is 1.79. The molecule has 0 spiro atoms. The number of benzene rings is 1. The Morgan fingerprint density at radius 1 is 1.06 bits per heavy atom. The summed E-state index contributed by atoms with van der Waals surface area (Å²) in [5.74, 6) is 1.17. The summed E-state index contributed by atoms with van der Waals surface area (Å²) in [4.78, 5) is 20.9. The molecule has 3 aromatic rings. The number of aliphatic imine (C=N–C) groups is 1. The zero-order valence-corrected chi connectivity index (χ0v) is 19.8. The van der Waals surface area contributed by atoms with Gasteiger partial charge in [-0.05, 0) is 29.3 Å². The lowest BCUT2D eigenvalue weighted by Crippen LogP contribution is -2.53. The number of guanidine groups is 1. The molecule has 9 heteroatoms. The first-order valence-electron chi connectivity index (χ1n) is 10.1. The average molecular weight is 534 g/mol. The van der Waals surface area contributed by atoms with Crippen molar-refractivity contribution in [2.45, 2.75) is 13.1 Å². The number of hydrogen-bond acceptors (Lipinski definition) is 4. The molecular weight excluding hydrogens is 507 g/mol. The molecule has 1 N–H and O–H groups in total. The molecule has 1 aliphatic rings. The van der Waals surface area contributed by atoms with Gasteiger partial charge in [-0.1, -0.05) is 24.3 Å². The monoisotopic (exact) mass is 534 g/mol. The molecule has 4 rings (SSSR count). The van der Waals surface area contributed by atoms with Crippen LogP contribution in [0.4, 0.5) is 0 Å². The molecule has 0 aliphatic carbocycles. The summed E-state index contributed by atoms with van der Waals surface area (Å²) in [6, 6.07) is 13.7. The van der Waals surface area contributed by atoms with E-state index in [0.717, 1.165) is 25.6 Å². The van der Waals surface area contributed by atoms with E-state index in [-0.39, 0.29) is 29.9 Å². The van der Waals surface area contributed by atoms with Crippen molar-refractivity contribution in [2.75, 3.05) is 33.2 Å². The van der Waals surface area contributed by atoms with E-state index in [0.29, 0.717) is 25.4 Å². The number of hydrogen-bond donors (Lipinski definition) is 1. The van der Waals surface area contributed by atoms with Crippen LogP contribution in [0.2, 0.25) is 0 Å². The van der Waals surface area contributed by atoms with Crippen molar-refractivity contribution in [1.29, 1.82) is 0 Å². The van der Waals surface area contributed by atoms with Crippen LogP contribution >= 0.6 is 24.0 Å². The fourth-order valence-electron chi connectivity index (χ4n) is 3.64. The molecule has 0 unspecified atom stereocenters. The van der Waals surface area contributed by atoms with E-state index in [1.165, 1.54) is 17.4 Å². The summed E-state index contributed by atoms with van der Waals surface area (Å²) in [5, 5.41) is 7.77. The van der Waals surface area contributed by atoms with Crippen LogP contribution in [0.1, 0.15) is 21.7 Å². The second kappa shape index (κ2) is 11.0. The van der Waals surface area contributed by atoms with Gasteiger partial charge in [0.1, 0.15) is 0 Å². The maximum Gasteiger partial charge on any atom is 0.289 e. The van der Waals surface area contributed by atoms with Gasteiger partial charge < -0.3 is 19.5 Å². The molecule has 0 bridgehead atoms. The Morgan fingerprint density at radius 2 is 1.81 bits per heavy atom. The number of aromatic nitrogens is 2. The van der Waals surface area contributed by atoms with E-state index in [9.17, 15) is 4.79 Å². The van der Waals surface area contributed by atoms with E-state index in [1.54, 1.807) is 25.4 Å². The number of furan rings is 1. The van der Waals surface area contributed by atoms with Gasteiger partial charge >= 0.3 is 0 Å². The van der Waals surface area contributed by atoms with Crippen molar-refractivity contribution in [3.05, 3.63) is 78.0 Å². The van der Waals surface area contributed by atoms with Crippen molar-refractivity contribution < 1.29 is 9.21 Å². The van der Waals surface area contributed by atoms with E-state index >= 15 is 0 Å². The highest BCUT2D eigenvalue weighted by Gasteiger charge is 2.25. The molecule has 3 heterocycles. The van der Waals surface area contributed by atoms with Crippen molar-refractivity contribution in [2.24, 2.45) is 4.99 Å². The second-order valence-corrected chi connectivity index (χ2v) is 7.13. The van der Waals surface area contributed by atoms with Gasteiger partial charge in [0.05, 0.1) is 12.8 Å². The predicted molar refractivity (Wildman–Crippen MR) is 130 cm³/mol. The van der Waals surface area contributed by atoms with Crippen LogP contribution in [0.25, 0.3) is 0 Å². The number of carbonyl (C=O) groups is 1. The van der Waals surface area contributed by atoms with Gasteiger partial charge in [-0.15, -0.1) is 24.0 Å². The predicted octanol–water partition coefficient (Wildman–Crippen LogP) is 2.68. The topological polar surface area (TPSA) is 78.9 Å². The zero-order chi connectivity index (χ0) is 20.8. The summed E-state index contributed by atoms with van der Waals surface area (Å²) in [6.07, 6.45) is 5.28. The number of halogens is 1. The Balaban J connectivity index is 0.00000272. The lowest BCUT2D eigenvalue weighted by Gasteiger charge is -2.36. The molecule has 1 fully saturated rings. The van der Waals surface area contributed by atoms with E-state index in [4.69, 9.17) is 4.42 Å². The molecule has 164 valence electrons. The maximum absolute atomic E-state index is 12.4. The second-order valence-electron chi connectivity index (χ2n) is 7.13. The highest BCUT2D eigenvalue weighted by molar-refractivity contribution is 14.0. The van der Waals surface area contributed by atoms with Crippen molar-refractivity contribution >= 4 is 35.8 Å². The first-order valence-corrected chi connectivity index (χ1v) is 10.1. The van der Waals surface area contributed by atoms with Crippen LogP contribution in [-0.4, -0.2) is 64.7 Å². The van der Waals surface area contributed by atoms with E-state index in [2.05, 4.69) is 32.4 Å². The van der Waals surface area contributed by atoms with Crippen LogP contribution in [0.3, 0.4) is 0 Å². The number of piperazine rings is 1. The Hall–Kier alpha value is -2.82. The summed E-state index contributed by atoms with van der Waals surface area (Å²) in [6.45, 7) is 4.13. The fraction of sp³-hybridized carbons (Fsp3) is 0.318. The van der Waals surface area contributed by atoms with Gasteiger partial charge in [0.15, 0.2) is 11.7 Å². The largest absolute Gasteiger partial charge is 0.459 e. The molecule has 1 aliphatic heterocycles. The van der Waals surface area contributed by atoms with Gasteiger partial charge in [-0.2, -0.15) is 5.10 Å². The van der Waals surface area contributed by atoms with Gasteiger partial charge in [0.25, 0.3) is 5.91 Å². The van der Waals surface area contributed by atoms with Gasteiger partial charge in [-0.25, -0.2) is 0 Å².